The van der Waals surface area contributed by atoms with Crippen molar-refractivity contribution in [1.82, 2.24) is 0 Å². The number of nitroso groups, excluding NO2 is 1. The third kappa shape index (κ3) is 4.73. The summed E-state index contributed by atoms with van der Waals surface area (Å²) in [4.78, 5) is 35.1. The Bertz CT molecular complexity index is 1420. The Morgan fingerprint density at radius 1 is 1.00 bits per heavy atom. The highest BCUT2D eigenvalue weighted by atomic mass is 32.1. The number of benzene rings is 3. The molecule has 0 fully saturated rings. The van der Waals surface area contributed by atoms with Gasteiger partial charge in [-0.25, -0.2) is 0 Å². The van der Waals surface area contributed by atoms with Crippen LogP contribution in [0.25, 0.3) is 16.2 Å². The van der Waals surface area contributed by atoms with Gasteiger partial charge in [-0.15, -0.1) is 16.2 Å². The zero-order valence-electron chi connectivity index (χ0n) is 17.9. The maximum atomic E-state index is 13.5. The van der Waals surface area contributed by atoms with E-state index in [1.54, 1.807) is 42.5 Å². The summed E-state index contributed by atoms with van der Waals surface area (Å²) in [5.41, 5.74) is 3.23. The van der Waals surface area contributed by atoms with E-state index < -0.39 is 5.91 Å². The van der Waals surface area contributed by atoms with E-state index in [1.807, 2.05) is 32.0 Å². The molecule has 0 saturated heterocycles. The molecule has 4 rings (SSSR count). The number of amides is 1. The van der Waals surface area contributed by atoms with Gasteiger partial charge in [0.05, 0.1) is 0 Å². The van der Waals surface area contributed by atoms with Gasteiger partial charge in [0.25, 0.3) is 0 Å². The summed E-state index contributed by atoms with van der Waals surface area (Å²) in [6.07, 6.45) is 2.56. The van der Waals surface area contributed by atoms with E-state index in [0.29, 0.717) is 27.5 Å². The third-order valence-electron chi connectivity index (χ3n) is 5.07. The van der Waals surface area contributed by atoms with Crippen LogP contribution in [0.5, 0.6) is 17.2 Å². The Kier molecular flexibility index (Phi) is 6.15. The number of rotatable bonds is 6. The molecule has 0 aliphatic rings. The summed E-state index contributed by atoms with van der Waals surface area (Å²) in [5, 5.41) is 13.0. The molecule has 0 radical (unpaired) electrons. The van der Waals surface area contributed by atoms with Crippen molar-refractivity contribution in [2.45, 2.75) is 13.8 Å². The first-order valence-corrected chi connectivity index (χ1v) is 10.9. The number of hydrogen-bond donors (Lipinski definition) is 1. The van der Waals surface area contributed by atoms with E-state index in [9.17, 15) is 19.6 Å². The number of hydrogen-bond acceptors (Lipinski definition) is 6. The number of ether oxygens (including phenoxy) is 1. The number of ketones is 1. The number of thiophene rings is 1. The highest BCUT2D eigenvalue weighted by Gasteiger charge is 2.23. The van der Waals surface area contributed by atoms with Crippen molar-refractivity contribution in [3.8, 4) is 17.2 Å². The van der Waals surface area contributed by atoms with E-state index in [0.717, 1.165) is 27.3 Å². The zero-order chi connectivity index (χ0) is 23.5. The van der Waals surface area contributed by atoms with Crippen LogP contribution in [0.2, 0.25) is 0 Å². The van der Waals surface area contributed by atoms with Gasteiger partial charge in [-0.2, -0.15) is 0 Å². The van der Waals surface area contributed by atoms with Gasteiger partial charge in [0.2, 0.25) is 5.78 Å². The number of aryl methyl sites for hydroxylation is 2. The molecular formula is C26H19NO5S. The van der Waals surface area contributed by atoms with Crippen LogP contribution in [0.1, 0.15) is 31.9 Å². The zero-order valence-corrected chi connectivity index (χ0v) is 18.7. The largest absolute Gasteiger partial charge is 0.508 e. The number of phenols is 1. The van der Waals surface area contributed by atoms with E-state index in [-0.39, 0.29) is 11.5 Å². The summed E-state index contributed by atoms with van der Waals surface area (Å²) >= 11 is 1.27. The van der Waals surface area contributed by atoms with Crippen molar-refractivity contribution in [2.75, 3.05) is 0 Å². The molecule has 0 unspecified atom stereocenters. The Morgan fingerprint density at radius 2 is 1.76 bits per heavy atom. The maximum Gasteiger partial charge on any atom is 0.309 e. The topological polar surface area (TPSA) is 93.0 Å². The molecule has 6 nitrogen and oxygen atoms in total. The molecule has 0 atom stereocenters. The van der Waals surface area contributed by atoms with Gasteiger partial charge in [0.1, 0.15) is 16.4 Å². The lowest BCUT2D eigenvalue weighted by Crippen LogP contribution is -2.03. The van der Waals surface area contributed by atoms with Gasteiger partial charge in [-0.05, 0) is 61.4 Å². The van der Waals surface area contributed by atoms with Crippen LogP contribution in [0.4, 0.5) is 0 Å². The molecule has 0 spiro atoms. The number of aromatic hydroxyl groups is 1. The second-order valence-corrected chi connectivity index (χ2v) is 8.57. The third-order valence-corrected chi connectivity index (χ3v) is 6.20. The predicted octanol–water partition coefficient (Wildman–Crippen LogP) is 6.55. The summed E-state index contributed by atoms with van der Waals surface area (Å²) < 4.78 is 6.89. The molecule has 0 saturated carbocycles. The second kappa shape index (κ2) is 9.18. The number of nitrogens with zero attached hydrogens (tertiary/aromatic N) is 1. The normalized spacial score (nSPS) is 11.1. The molecule has 0 aliphatic carbocycles. The fraction of sp³-hybridized carbons (Fsp3) is 0.0769. The standard InChI is InChI=1S/C26H19NO5S/c1-15-3-10-20(16(2)13-15)24(30)26-25(21-11-7-18(28)14-22(21)33-26)32-19-8-4-17(5-9-19)6-12-23(29)27-31/h3-14,28H,1-2H3/b12-6+. The lowest BCUT2D eigenvalue weighted by molar-refractivity contribution is -0.113. The van der Waals surface area contributed by atoms with Crippen LogP contribution < -0.4 is 4.74 Å². The minimum absolute atomic E-state index is 0.108. The van der Waals surface area contributed by atoms with Crippen LogP contribution in [0, 0.1) is 18.8 Å². The Balaban J connectivity index is 1.73. The Hall–Kier alpha value is -4.10. The van der Waals surface area contributed by atoms with Gasteiger partial charge < -0.3 is 9.84 Å². The maximum absolute atomic E-state index is 13.5. The molecule has 1 N–H and O–H groups in total. The quantitative estimate of drug-likeness (QED) is 0.201. The molecule has 164 valence electrons. The minimum Gasteiger partial charge on any atom is -0.508 e. The van der Waals surface area contributed by atoms with E-state index >= 15 is 0 Å². The molecule has 0 bridgehead atoms. The summed E-state index contributed by atoms with van der Waals surface area (Å²) in [7, 11) is 0. The van der Waals surface area contributed by atoms with Gasteiger partial charge in [0.15, 0.2) is 5.75 Å². The van der Waals surface area contributed by atoms with Crippen LogP contribution in [0.15, 0.2) is 71.9 Å². The van der Waals surface area contributed by atoms with Crippen molar-refractivity contribution < 1.29 is 19.4 Å². The fourth-order valence-corrected chi connectivity index (χ4v) is 4.58. The van der Waals surface area contributed by atoms with Crippen molar-refractivity contribution >= 4 is 39.2 Å². The number of carbonyl (C=O) groups is 2. The fourth-order valence-electron chi connectivity index (χ4n) is 3.47. The van der Waals surface area contributed by atoms with Gasteiger partial charge >= 0.3 is 5.91 Å². The predicted molar refractivity (Wildman–Crippen MR) is 129 cm³/mol. The summed E-state index contributed by atoms with van der Waals surface area (Å²) in [6, 6.07) is 17.4. The van der Waals surface area contributed by atoms with Crippen molar-refractivity contribution in [3.63, 3.8) is 0 Å². The van der Waals surface area contributed by atoms with Crippen LogP contribution in [0.3, 0.4) is 0 Å². The average Bonchev–Trinajstić information content (AvgIpc) is 3.15. The molecule has 1 amide bonds. The second-order valence-electron chi connectivity index (χ2n) is 7.52. The van der Waals surface area contributed by atoms with Crippen LogP contribution in [-0.2, 0) is 4.79 Å². The van der Waals surface area contributed by atoms with Crippen LogP contribution >= 0.6 is 11.3 Å². The molecule has 7 heteroatoms. The first-order valence-electron chi connectivity index (χ1n) is 10.1. The average molecular weight is 458 g/mol. The van der Waals surface area contributed by atoms with Gasteiger partial charge in [-0.1, -0.05) is 35.9 Å². The molecule has 4 aromatic rings. The number of carbonyl (C=O) groups excluding carboxylic acids is 2. The molecule has 3 aromatic carbocycles. The number of fused-ring (bicyclic) bond motifs is 1. The number of phenolic OH excluding ortho intramolecular Hbond substituents is 1. The highest BCUT2D eigenvalue weighted by molar-refractivity contribution is 7.21. The lowest BCUT2D eigenvalue weighted by atomic mass is 10.0. The van der Waals surface area contributed by atoms with Crippen LogP contribution in [-0.4, -0.2) is 16.8 Å². The monoisotopic (exact) mass is 457 g/mol. The van der Waals surface area contributed by atoms with Gasteiger partial charge in [0, 0.05) is 26.9 Å². The van der Waals surface area contributed by atoms with Gasteiger partial charge in [-0.3, -0.25) is 9.59 Å². The summed E-state index contributed by atoms with van der Waals surface area (Å²) in [6.45, 7) is 3.87. The Morgan fingerprint density at radius 3 is 2.45 bits per heavy atom. The first-order chi connectivity index (χ1) is 15.9. The van der Waals surface area contributed by atoms with E-state index in [2.05, 4.69) is 5.18 Å². The van der Waals surface area contributed by atoms with E-state index in [4.69, 9.17) is 4.74 Å². The Labute approximate surface area is 193 Å². The summed E-state index contributed by atoms with van der Waals surface area (Å²) in [5.74, 6) is 0.00912. The molecule has 0 aliphatic heterocycles. The molecule has 1 aromatic heterocycles. The van der Waals surface area contributed by atoms with Crippen molar-refractivity contribution in [1.29, 1.82) is 0 Å². The van der Waals surface area contributed by atoms with Crippen molar-refractivity contribution in [2.24, 2.45) is 5.18 Å². The molecular weight excluding hydrogens is 438 g/mol. The molecule has 1 heterocycles. The first kappa shape index (κ1) is 22.1. The smallest absolute Gasteiger partial charge is 0.309 e. The van der Waals surface area contributed by atoms with E-state index in [1.165, 1.54) is 17.4 Å². The highest BCUT2D eigenvalue weighted by Crippen LogP contribution is 2.43. The minimum atomic E-state index is -0.863. The lowest BCUT2D eigenvalue weighted by Gasteiger charge is -2.09. The SMILES string of the molecule is Cc1ccc(C(=O)c2sc3cc(O)ccc3c2Oc2ccc(/C=C/C(=O)N=O)cc2)c(C)c1. The molecule has 33 heavy (non-hydrogen) atoms. The van der Waals surface area contributed by atoms with Crippen molar-refractivity contribution in [3.05, 3.63) is 98.8 Å².